The second-order valence-corrected chi connectivity index (χ2v) is 6.75. The molecule has 0 atom stereocenters. The van der Waals surface area contributed by atoms with E-state index in [-0.39, 0.29) is 6.61 Å². The van der Waals surface area contributed by atoms with E-state index in [0.29, 0.717) is 22.5 Å². The number of furan rings is 1. The highest BCUT2D eigenvalue weighted by Gasteiger charge is 2.14. The van der Waals surface area contributed by atoms with Crippen LogP contribution in [0.1, 0.15) is 11.1 Å². The summed E-state index contributed by atoms with van der Waals surface area (Å²) in [5.41, 5.74) is 2.36. The molecule has 0 unspecified atom stereocenters. The van der Waals surface area contributed by atoms with Crippen LogP contribution in [0.15, 0.2) is 52.9 Å². The minimum Gasteiger partial charge on any atom is -0.456 e. The lowest BCUT2D eigenvalue weighted by Gasteiger charge is -2.03. The smallest absolute Gasteiger partial charge is 0.264 e. The maximum atomic E-state index is 11.2. The van der Waals surface area contributed by atoms with Crippen molar-refractivity contribution in [2.75, 3.05) is 6.26 Å². The summed E-state index contributed by atoms with van der Waals surface area (Å²) in [7, 11) is -3.58. The standard InChI is InChI=1S/C17H13NO4S/c1-23(19,20)21-11-15-8-12(10-18)7-14-9-16(22-17(14)15)13-5-3-2-4-6-13/h2-9H,11H2,1H3. The van der Waals surface area contributed by atoms with Crippen molar-refractivity contribution < 1.29 is 17.0 Å². The molecule has 5 nitrogen and oxygen atoms in total. The number of hydrogen-bond acceptors (Lipinski definition) is 5. The molecule has 0 amide bonds. The van der Waals surface area contributed by atoms with Gasteiger partial charge in [0.15, 0.2) is 0 Å². The van der Waals surface area contributed by atoms with E-state index in [1.807, 2.05) is 36.4 Å². The maximum absolute atomic E-state index is 11.2. The van der Waals surface area contributed by atoms with Crippen molar-refractivity contribution >= 4 is 21.1 Å². The summed E-state index contributed by atoms with van der Waals surface area (Å²) in [5.74, 6) is 0.649. The van der Waals surface area contributed by atoms with Gasteiger partial charge in [0.2, 0.25) is 0 Å². The van der Waals surface area contributed by atoms with Crippen LogP contribution >= 0.6 is 0 Å². The second-order valence-electron chi connectivity index (χ2n) is 5.11. The Morgan fingerprint density at radius 3 is 2.57 bits per heavy atom. The Morgan fingerprint density at radius 1 is 1.17 bits per heavy atom. The van der Waals surface area contributed by atoms with E-state index < -0.39 is 10.1 Å². The molecule has 6 heteroatoms. The third-order valence-corrected chi connectivity index (χ3v) is 3.86. The van der Waals surface area contributed by atoms with E-state index in [4.69, 9.17) is 13.9 Å². The minimum atomic E-state index is -3.58. The first-order chi connectivity index (χ1) is 11.0. The van der Waals surface area contributed by atoms with Gasteiger partial charge in [0.05, 0.1) is 24.5 Å². The van der Waals surface area contributed by atoms with Gasteiger partial charge in [-0.2, -0.15) is 13.7 Å². The zero-order valence-electron chi connectivity index (χ0n) is 12.3. The van der Waals surface area contributed by atoms with E-state index in [2.05, 4.69) is 6.07 Å². The molecular formula is C17H13NO4S. The van der Waals surface area contributed by atoms with Crippen LogP contribution in [0.5, 0.6) is 0 Å². The van der Waals surface area contributed by atoms with Crippen LogP contribution in [0, 0.1) is 11.3 Å². The summed E-state index contributed by atoms with van der Waals surface area (Å²) in [4.78, 5) is 0. The molecule has 0 aliphatic heterocycles. The predicted molar refractivity (Wildman–Crippen MR) is 86.0 cm³/mol. The van der Waals surface area contributed by atoms with Gasteiger partial charge >= 0.3 is 0 Å². The highest BCUT2D eigenvalue weighted by atomic mass is 32.2. The number of hydrogen-bond donors (Lipinski definition) is 0. The van der Waals surface area contributed by atoms with Gasteiger partial charge in [0, 0.05) is 16.5 Å². The highest BCUT2D eigenvalue weighted by Crippen LogP contribution is 2.31. The molecular weight excluding hydrogens is 314 g/mol. The highest BCUT2D eigenvalue weighted by molar-refractivity contribution is 7.85. The number of fused-ring (bicyclic) bond motifs is 1. The molecule has 0 N–H and O–H groups in total. The minimum absolute atomic E-state index is 0.174. The maximum Gasteiger partial charge on any atom is 0.264 e. The Kier molecular flexibility index (Phi) is 3.90. The quantitative estimate of drug-likeness (QED) is 0.686. The van der Waals surface area contributed by atoms with Gasteiger partial charge in [-0.3, -0.25) is 4.18 Å². The first-order valence-electron chi connectivity index (χ1n) is 6.83. The summed E-state index contributed by atoms with van der Waals surface area (Å²) >= 11 is 0. The van der Waals surface area contributed by atoms with Gasteiger partial charge in [0.1, 0.15) is 11.3 Å². The molecule has 3 aromatic rings. The van der Waals surface area contributed by atoms with Crippen molar-refractivity contribution in [3.8, 4) is 17.4 Å². The summed E-state index contributed by atoms with van der Waals surface area (Å²) in [6, 6.07) is 16.7. The molecule has 23 heavy (non-hydrogen) atoms. The van der Waals surface area contributed by atoms with Gasteiger partial charge in [-0.25, -0.2) is 0 Å². The van der Waals surface area contributed by atoms with Crippen LogP contribution in [-0.4, -0.2) is 14.7 Å². The third-order valence-electron chi connectivity index (χ3n) is 3.31. The largest absolute Gasteiger partial charge is 0.456 e. The normalized spacial score (nSPS) is 11.5. The number of nitrogens with zero attached hydrogens (tertiary/aromatic N) is 1. The van der Waals surface area contributed by atoms with Crippen molar-refractivity contribution in [2.24, 2.45) is 0 Å². The fourth-order valence-electron chi connectivity index (χ4n) is 2.31. The SMILES string of the molecule is CS(=O)(=O)OCc1cc(C#N)cc2cc(-c3ccccc3)oc12. The average molecular weight is 327 g/mol. The predicted octanol–water partition coefficient (Wildman–Crippen LogP) is 3.45. The Labute approximate surface area is 133 Å². The van der Waals surface area contributed by atoms with Crippen molar-refractivity contribution in [3.05, 3.63) is 59.7 Å². The molecule has 0 fully saturated rings. The zero-order valence-corrected chi connectivity index (χ0v) is 13.1. The van der Waals surface area contributed by atoms with Gasteiger partial charge < -0.3 is 4.42 Å². The molecule has 0 saturated carbocycles. The fraction of sp³-hybridized carbons (Fsp3) is 0.118. The van der Waals surface area contributed by atoms with E-state index >= 15 is 0 Å². The monoisotopic (exact) mass is 327 g/mol. The number of nitriles is 1. The average Bonchev–Trinajstić information content (AvgIpc) is 2.96. The van der Waals surface area contributed by atoms with Crippen molar-refractivity contribution in [1.82, 2.24) is 0 Å². The molecule has 0 saturated heterocycles. The first kappa shape index (κ1) is 15.3. The molecule has 2 aromatic carbocycles. The molecule has 0 spiro atoms. The number of benzene rings is 2. The van der Waals surface area contributed by atoms with Crippen molar-refractivity contribution in [3.63, 3.8) is 0 Å². The van der Waals surface area contributed by atoms with Gasteiger partial charge in [-0.15, -0.1) is 0 Å². The molecule has 1 aromatic heterocycles. The van der Waals surface area contributed by atoms with Crippen LogP contribution in [0.3, 0.4) is 0 Å². The molecule has 0 bridgehead atoms. The Hall–Kier alpha value is -2.62. The van der Waals surface area contributed by atoms with E-state index in [1.54, 1.807) is 12.1 Å². The first-order valence-corrected chi connectivity index (χ1v) is 8.64. The lowest BCUT2D eigenvalue weighted by atomic mass is 10.1. The van der Waals surface area contributed by atoms with Crippen LogP contribution in [-0.2, 0) is 20.9 Å². The number of rotatable bonds is 4. The molecule has 0 radical (unpaired) electrons. The zero-order chi connectivity index (χ0) is 16.4. The molecule has 0 aliphatic rings. The topological polar surface area (TPSA) is 80.3 Å². The lowest BCUT2D eigenvalue weighted by Crippen LogP contribution is -2.03. The summed E-state index contributed by atoms with van der Waals surface area (Å²) in [5, 5.41) is 9.87. The lowest BCUT2D eigenvalue weighted by molar-refractivity contribution is 0.311. The Balaban J connectivity index is 2.11. The van der Waals surface area contributed by atoms with E-state index in [0.717, 1.165) is 17.2 Å². The van der Waals surface area contributed by atoms with Gasteiger partial charge in [-0.1, -0.05) is 30.3 Å². The Bertz CT molecular complexity index is 998. The van der Waals surface area contributed by atoms with E-state index in [9.17, 15) is 8.42 Å². The summed E-state index contributed by atoms with van der Waals surface area (Å²) in [6.45, 7) is -0.174. The van der Waals surface area contributed by atoms with Crippen LogP contribution in [0.4, 0.5) is 0 Å². The third kappa shape index (κ3) is 3.42. The van der Waals surface area contributed by atoms with Gasteiger partial charge in [0.25, 0.3) is 10.1 Å². The van der Waals surface area contributed by atoms with Crippen molar-refractivity contribution in [2.45, 2.75) is 6.61 Å². The fourth-order valence-corrected chi connectivity index (χ4v) is 2.65. The molecule has 0 aliphatic carbocycles. The van der Waals surface area contributed by atoms with Crippen LogP contribution in [0.2, 0.25) is 0 Å². The van der Waals surface area contributed by atoms with E-state index in [1.165, 1.54) is 0 Å². The molecule has 116 valence electrons. The van der Waals surface area contributed by atoms with Crippen LogP contribution in [0.25, 0.3) is 22.3 Å². The summed E-state index contributed by atoms with van der Waals surface area (Å²) < 4.78 is 33.1. The van der Waals surface area contributed by atoms with Crippen LogP contribution < -0.4 is 0 Å². The second kappa shape index (κ2) is 5.88. The molecule has 1 heterocycles. The van der Waals surface area contributed by atoms with Gasteiger partial charge in [-0.05, 0) is 18.2 Å². The summed E-state index contributed by atoms with van der Waals surface area (Å²) in [6.07, 6.45) is 0.982. The Morgan fingerprint density at radius 2 is 1.91 bits per heavy atom. The van der Waals surface area contributed by atoms with Crippen molar-refractivity contribution in [1.29, 1.82) is 5.26 Å². The molecule has 3 rings (SSSR count).